The van der Waals surface area contributed by atoms with Crippen LogP contribution < -0.4 is 10.2 Å². The van der Waals surface area contributed by atoms with Crippen LogP contribution in [-0.2, 0) is 18.4 Å². The van der Waals surface area contributed by atoms with Gasteiger partial charge in [0.2, 0.25) is 5.91 Å². The van der Waals surface area contributed by atoms with Crippen molar-refractivity contribution in [3.63, 3.8) is 0 Å². The van der Waals surface area contributed by atoms with Crippen molar-refractivity contribution in [3.05, 3.63) is 24.3 Å². The fourth-order valence-corrected chi connectivity index (χ4v) is 10.8. The van der Waals surface area contributed by atoms with E-state index in [9.17, 15) is 24.5 Å². The summed E-state index contributed by atoms with van der Waals surface area (Å²) in [5.41, 5.74) is 0. The molecule has 9 nitrogen and oxygen atoms in total. The number of nitrogens with zero attached hydrogens (tertiary/aromatic N) is 1. The Morgan fingerprint density at radius 1 is 0.480 bits per heavy atom. The van der Waals surface area contributed by atoms with E-state index in [4.69, 9.17) is 9.05 Å². The van der Waals surface area contributed by atoms with Crippen molar-refractivity contribution in [1.82, 2.24) is 5.32 Å². The lowest BCUT2D eigenvalue weighted by Crippen LogP contribution is -2.51. The van der Waals surface area contributed by atoms with Crippen LogP contribution >= 0.6 is 7.82 Å². The van der Waals surface area contributed by atoms with E-state index in [-0.39, 0.29) is 18.9 Å². The van der Waals surface area contributed by atoms with Crippen LogP contribution in [0.4, 0.5) is 0 Å². The molecule has 0 saturated carbocycles. The molecule has 1 amide bonds. The van der Waals surface area contributed by atoms with Crippen LogP contribution in [0.3, 0.4) is 0 Å². The normalized spacial score (nSPS) is 14.3. The second-order valence-corrected chi connectivity index (χ2v) is 25.4. The van der Waals surface area contributed by atoms with E-state index in [1.165, 1.54) is 257 Å². The number of amides is 1. The third-order valence-electron chi connectivity index (χ3n) is 15.3. The number of phosphoric acid groups is 1. The van der Waals surface area contributed by atoms with Crippen LogP contribution in [0.5, 0.6) is 0 Å². The zero-order valence-electron chi connectivity index (χ0n) is 50.6. The molecule has 0 bridgehead atoms. The first-order chi connectivity index (χ1) is 36.4. The number of allylic oxidation sites excluding steroid dienone is 4. The minimum absolute atomic E-state index is 0.0377. The first kappa shape index (κ1) is 73.9. The number of carbonyl (C=O) groups excluding carboxylic acids is 1. The third kappa shape index (κ3) is 57.4. The van der Waals surface area contributed by atoms with Gasteiger partial charge in [0, 0.05) is 6.42 Å². The molecule has 0 aliphatic rings. The van der Waals surface area contributed by atoms with Gasteiger partial charge in [0.25, 0.3) is 7.82 Å². The zero-order valence-corrected chi connectivity index (χ0v) is 51.5. The van der Waals surface area contributed by atoms with Gasteiger partial charge in [-0.15, -0.1) is 0 Å². The van der Waals surface area contributed by atoms with Gasteiger partial charge in [-0.3, -0.25) is 9.36 Å². The van der Waals surface area contributed by atoms with Crippen molar-refractivity contribution >= 4 is 13.7 Å². The fourth-order valence-electron chi connectivity index (χ4n) is 10.1. The smallest absolute Gasteiger partial charge is 0.268 e. The minimum Gasteiger partial charge on any atom is -0.756 e. The molecule has 3 N–H and O–H groups in total. The van der Waals surface area contributed by atoms with Gasteiger partial charge in [-0.2, -0.15) is 0 Å². The van der Waals surface area contributed by atoms with Crippen LogP contribution in [0.1, 0.15) is 328 Å². The van der Waals surface area contributed by atoms with Crippen LogP contribution in [-0.4, -0.2) is 79.8 Å². The predicted octanol–water partition coefficient (Wildman–Crippen LogP) is 18.7. The number of unbranched alkanes of at least 4 members (excludes halogenated alkanes) is 43. The maximum atomic E-state index is 13.0. The van der Waals surface area contributed by atoms with Crippen molar-refractivity contribution in [3.8, 4) is 0 Å². The lowest BCUT2D eigenvalue weighted by atomic mass is 9.99. The highest BCUT2D eigenvalue weighted by atomic mass is 31.2. The number of hydrogen-bond acceptors (Lipinski definition) is 7. The van der Waals surface area contributed by atoms with Gasteiger partial charge in [-0.05, 0) is 44.9 Å². The van der Waals surface area contributed by atoms with Crippen molar-refractivity contribution in [2.24, 2.45) is 0 Å². The van der Waals surface area contributed by atoms with Crippen LogP contribution in [0.25, 0.3) is 0 Å². The van der Waals surface area contributed by atoms with E-state index < -0.39 is 32.7 Å². The molecule has 4 unspecified atom stereocenters. The maximum absolute atomic E-state index is 13.0. The Labute approximate surface area is 467 Å². The molecule has 0 heterocycles. The molecule has 0 aliphatic carbocycles. The minimum atomic E-state index is -4.67. The van der Waals surface area contributed by atoms with Crippen molar-refractivity contribution in [2.45, 2.75) is 347 Å². The molecule has 0 aromatic heterocycles. The molecule has 0 aromatic carbocycles. The van der Waals surface area contributed by atoms with E-state index >= 15 is 0 Å². The summed E-state index contributed by atoms with van der Waals surface area (Å²) in [4.78, 5) is 25.6. The average molecular weight is 1080 g/mol. The highest BCUT2D eigenvalue weighted by Gasteiger charge is 2.29. The van der Waals surface area contributed by atoms with Crippen LogP contribution in [0.2, 0.25) is 0 Å². The molecule has 0 rings (SSSR count). The predicted molar refractivity (Wildman–Crippen MR) is 322 cm³/mol. The molecule has 4 atom stereocenters. The molecule has 0 spiro atoms. The monoisotopic (exact) mass is 1080 g/mol. The van der Waals surface area contributed by atoms with Crippen LogP contribution in [0, 0.1) is 0 Å². The molecule has 0 fully saturated rings. The Hall–Kier alpha value is -1.06. The Morgan fingerprint density at radius 3 is 1.15 bits per heavy atom. The molecule has 75 heavy (non-hydrogen) atoms. The summed E-state index contributed by atoms with van der Waals surface area (Å²) in [5.74, 6) is -0.272. The number of quaternary nitrogens is 1. The van der Waals surface area contributed by atoms with Gasteiger partial charge >= 0.3 is 0 Å². The van der Waals surface area contributed by atoms with Gasteiger partial charge in [0.1, 0.15) is 19.3 Å². The quantitative estimate of drug-likeness (QED) is 0.0239. The van der Waals surface area contributed by atoms with E-state index in [2.05, 4.69) is 43.5 Å². The summed E-state index contributed by atoms with van der Waals surface area (Å²) in [6.07, 6.45) is 68.6. The number of aliphatic hydroxyl groups is 2. The first-order valence-corrected chi connectivity index (χ1v) is 34.2. The first-order valence-electron chi connectivity index (χ1n) is 32.8. The molecule has 0 radical (unpaired) electrons. The van der Waals surface area contributed by atoms with E-state index in [1.807, 2.05) is 21.1 Å². The largest absolute Gasteiger partial charge is 0.756 e. The summed E-state index contributed by atoms with van der Waals surface area (Å²) in [6, 6.07) is -1.07. The highest BCUT2D eigenvalue weighted by molar-refractivity contribution is 7.45. The van der Waals surface area contributed by atoms with Crippen molar-refractivity contribution < 1.29 is 38.0 Å². The topological polar surface area (TPSA) is 128 Å². The number of phosphoric ester groups is 1. The molecule has 0 aliphatic heterocycles. The second-order valence-electron chi connectivity index (χ2n) is 24.0. The SMILES string of the molecule is CCCCCCC/C=C\C/C=C\CCCCCCCCCCCCCCCCCCCCCCCCCCCCCC(=O)NC(COP(=O)([O-])OCC[N+](C)(C)C)C(O)C(O)CCCCCCCCCCCCCC. The van der Waals surface area contributed by atoms with Gasteiger partial charge in [0.05, 0.1) is 39.9 Å². The summed E-state index contributed by atoms with van der Waals surface area (Å²) in [5, 5.41) is 24.8. The molecular formula is C65H129N2O7P. The Morgan fingerprint density at radius 2 is 0.800 bits per heavy atom. The number of nitrogens with one attached hydrogen (secondary N) is 1. The number of rotatable bonds is 61. The molecule has 0 aromatic rings. The second kappa shape index (κ2) is 56.2. The van der Waals surface area contributed by atoms with Gasteiger partial charge in [0.15, 0.2) is 0 Å². The average Bonchev–Trinajstić information content (AvgIpc) is 3.37. The summed E-state index contributed by atoms with van der Waals surface area (Å²) < 4.78 is 23.3. The van der Waals surface area contributed by atoms with Gasteiger partial charge in [-0.25, -0.2) is 0 Å². The Kier molecular flexibility index (Phi) is 55.4. The Balaban J connectivity index is 3.89. The number of carbonyl (C=O) groups is 1. The highest BCUT2D eigenvalue weighted by Crippen LogP contribution is 2.38. The maximum Gasteiger partial charge on any atom is 0.268 e. The van der Waals surface area contributed by atoms with Crippen molar-refractivity contribution in [2.75, 3.05) is 40.9 Å². The molecule has 0 saturated heterocycles. The molecule has 10 heteroatoms. The van der Waals surface area contributed by atoms with Gasteiger partial charge in [-0.1, -0.05) is 301 Å². The van der Waals surface area contributed by atoms with E-state index in [1.54, 1.807) is 0 Å². The lowest BCUT2D eigenvalue weighted by molar-refractivity contribution is -0.870. The Bertz CT molecular complexity index is 1290. The van der Waals surface area contributed by atoms with E-state index in [0.29, 0.717) is 17.4 Å². The van der Waals surface area contributed by atoms with E-state index in [0.717, 1.165) is 44.9 Å². The fraction of sp³-hybridized carbons (Fsp3) is 0.923. The summed E-state index contributed by atoms with van der Waals surface area (Å²) in [6.45, 7) is 4.46. The van der Waals surface area contributed by atoms with Gasteiger partial charge < -0.3 is 34.0 Å². The number of hydrogen-bond donors (Lipinski definition) is 3. The molecular weight excluding hydrogens is 952 g/mol. The lowest BCUT2D eigenvalue weighted by Gasteiger charge is -2.31. The standard InChI is InChI=1S/C65H129N2O7P/c1-6-8-10-12-14-16-18-20-21-22-23-24-25-26-27-28-29-30-31-32-33-34-35-36-37-38-39-40-41-42-43-44-45-46-48-50-52-54-56-58-64(69)66-62(61-74-75(71,72)73-60-59-67(3,4)5)65(70)63(68)57-55-53-51-49-47-19-17-15-13-11-9-7-2/h18,20,22-23,62-63,65,68,70H,6-17,19,21,24-61H2,1-5H3,(H-,66,69,71,72)/b20-18-,23-22-. The number of aliphatic hydroxyl groups excluding tert-OH is 2. The molecule has 446 valence electrons. The number of likely N-dealkylation sites (N-methyl/N-ethyl adjacent to an activating group) is 1. The summed E-state index contributed by atoms with van der Waals surface area (Å²) >= 11 is 0. The zero-order chi connectivity index (χ0) is 55.0. The summed E-state index contributed by atoms with van der Waals surface area (Å²) in [7, 11) is 1.14. The van der Waals surface area contributed by atoms with Crippen LogP contribution in [0.15, 0.2) is 24.3 Å². The van der Waals surface area contributed by atoms with Crippen molar-refractivity contribution in [1.29, 1.82) is 0 Å². The third-order valence-corrected chi connectivity index (χ3v) is 16.2.